The Hall–Kier alpha value is -2.39. The molecule has 1 N–H and O–H groups in total. The standard InChI is InChI=1S/C16H16F2N4O2S/c1-23-16(25)19-8-11-9-22(21-20-11)12-6-13(17)15(14(18)7-12)10-2-4-24-5-3-10/h2,6-7,9H,3-5,8H2,1H3,(H,19,25). The van der Waals surface area contributed by atoms with Crippen molar-refractivity contribution in [3.63, 3.8) is 0 Å². The van der Waals surface area contributed by atoms with Crippen LogP contribution in [0, 0.1) is 11.6 Å². The smallest absolute Gasteiger partial charge is 0.256 e. The minimum absolute atomic E-state index is 0.0144. The molecule has 25 heavy (non-hydrogen) atoms. The molecule has 2 aromatic rings. The van der Waals surface area contributed by atoms with Gasteiger partial charge < -0.3 is 14.8 Å². The lowest BCUT2D eigenvalue weighted by Crippen LogP contribution is -2.22. The van der Waals surface area contributed by atoms with E-state index in [0.29, 0.717) is 37.4 Å². The molecule has 1 aliphatic heterocycles. The highest BCUT2D eigenvalue weighted by Crippen LogP contribution is 2.28. The molecule has 0 unspecified atom stereocenters. The SMILES string of the molecule is COC(=S)NCc1cn(-c2cc(F)c(C3=CCOCC3)c(F)c2)nn1. The van der Waals surface area contributed by atoms with Crippen LogP contribution in [0.3, 0.4) is 0 Å². The van der Waals surface area contributed by atoms with Crippen LogP contribution in [0.15, 0.2) is 24.4 Å². The minimum atomic E-state index is -0.640. The first-order valence-corrected chi connectivity index (χ1v) is 7.99. The zero-order chi connectivity index (χ0) is 17.8. The Morgan fingerprint density at radius 3 is 2.80 bits per heavy atom. The van der Waals surface area contributed by atoms with Crippen molar-refractivity contribution in [1.82, 2.24) is 20.3 Å². The van der Waals surface area contributed by atoms with E-state index in [0.717, 1.165) is 0 Å². The first-order valence-electron chi connectivity index (χ1n) is 7.58. The Kier molecular flexibility index (Phi) is 5.34. The van der Waals surface area contributed by atoms with Gasteiger partial charge in [0.25, 0.3) is 5.17 Å². The van der Waals surface area contributed by atoms with Crippen molar-refractivity contribution in [2.24, 2.45) is 0 Å². The highest BCUT2D eigenvalue weighted by molar-refractivity contribution is 7.80. The van der Waals surface area contributed by atoms with Crippen molar-refractivity contribution < 1.29 is 18.3 Å². The van der Waals surface area contributed by atoms with Crippen LogP contribution in [-0.2, 0) is 16.0 Å². The molecule has 0 spiro atoms. The second-order valence-electron chi connectivity index (χ2n) is 5.34. The highest BCUT2D eigenvalue weighted by atomic mass is 32.1. The molecule has 0 saturated carbocycles. The average molecular weight is 366 g/mol. The van der Waals surface area contributed by atoms with E-state index in [1.165, 1.54) is 23.9 Å². The third-order valence-electron chi connectivity index (χ3n) is 3.72. The third kappa shape index (κ3) is 3.99. The molecule has 132 valence electrons. The largest absolute Gasteiger partial charge is 0.474 e. The number of benzene rings is 1. The molecule has 9 heteroatoms. The van der Waals surface area contributed by atoms with Crippen LogP contribution in [-0.4, -0.2) is 40.5 Å². The number of methoxy groups -OCH3 is 1. The Balaban J connectivity index is 1.83. The number of aromatic nitrogens is 3. The molecular formula is C16H16F2N4O2S. The van der Waals surface area contributed by atoms with Gasteiger partial charge in [0.1, 0.15) is 17.3 Å². The van der Waals surface area contributed by atoms with Gasteiger partial charge in [-0.3, -0.25) is 0 Å². The van der Waals surface area contributed by atoms with E-state index >= 15 is 0 Å². The zero-order valence-electron chi connectivity index (χ0n) is 13.5. The van der Waals surface area contributed by atoms with Gasteiger partial charge in [-0.15, -0.1) is 5.10 Å². The third-order valence-corrected chi connectivity index (χ3v) is 4.03. The van der Waals surface area contributed by atoms with Crippen molar-refractivity contribution in [3.05, 3.63) is 47.3 Å². The Bertz CT molecular complexity index is 799. The second-order valence-corrected chi connectivity index (χ2v) is 5.71. The van der Waals surface area contributed by atoms with Gasteiger partial charge in [-0.2, -0.15) is 0 Å². The summed E-state index contributed by atoms with van der Waals surface area (Å²) in [6.45, 7) is 1.11. The summed E-state index contributed by atoms with van der Waals surface area (Å²) in [7, 11) is 1.45. The van der Waals surface area contributed by atoms with E-state index in [-0.39, 0.29) is 16.4 Å². The van der Waals surface area contributed by atoms with E-state index < -0.39 is 11.6 Å². The summed E-state index contributed by atoms with van der Waals surface area (Å²) >= 11 is 4.86. The van der Waals surface area contributed by atoms with Crippen LogP contribution >= 0.6 is 12.2 Å². The summed E-state index contributed by atoms with van der Waals surface area (Å²) in [6, 6.07) is 2.47. The predicted octanol–water partition coefficient (Wildman–Crippen LogP) is 2.37. The molecule has 1 aromatic heterocycles. The maximum atomic E-state index is 14.5. The van der Waals surface area contributed by atoms with Crippen LogP contribution in [0.5, 0.6) is 0 Å². The van der Waals surface area contributed by atoms with Crippen LogP contribution in [0.1, 0.15) is 17.7 Å². The number of nitrogens with one attached hydrogen (secondary N) is 1. The molecule has 3 rings (SSSR count). The monoisotopic (exact) mass is 366 g/mol. The van der Waals surface area contributed by atoms with E-state index in [4.69, 9.17) is 21.7 Å². The van der Waals surface area contributed by atoms with Crippen LogP contribution in [0.25, 0.3) is 11.3 Å². The first-order chi connectivity index (χ1) is 12.1. The Morgan fingerprint density at radius 2 is 2.16 bits per heavy atom. The van der Waals surface area contributed by atoms with Gasteiger partial charge in [-0.25, -0.2) is 13.5 Å². The molecular weight excluding hydrogens is 350 g/mol. The molecule has 0 fully saturated rings. The molecule has 6 nitrogen and oxygen atoms in total. The average Bonchev–Trinajstić information content (AvgIpc) is 3.09. The predicted molar refractivity (Wildman–Crippen MR) is 91.1 cm³/mol. The van der Waals surface area contributed by atoms with Gasteiger partial charge in [0.15, 0.2) is 0 Å². The normalized spacial score (nSPS) is 14.1. The number of rotatable bonds is 4. The number of nitrogens with zero attached hydrogens (tertiary/aromatic N) is 3. The van der Waals surface area contributed by atoms with Crippen molar-refractivity contribution in [1.29, 1.82) is 0 Å². The summed E-state index contributed by atoms with van der Waals surface area (Å²) in [5.41, 5.74) is 1.40. The summed E-state index contributed by atoms with van der Waals surface area (Å²) in [5.74, 6) is -1.28. The highest BCUT2D eigenvalue weighted by Gasteiger charge is 2.18. The Morgan fingerprint density at radius 1 is 1.40 bits per heavy atom. The van der Waals surface area contributed by atoms with Crippen molar-refractivity contribution in [2.75, 3.05) is 20.3 Å². The van der Waals surface area contributed by atoms with E-state index in [2.05, 4.69) is 15.6 Å². The minimum Gasteiger partial charge on any atom is -0.474 e. The van der Waals surface area contributed by atoms with Gasteiger partial charge in [0.2, 0.25) is 0 Å². The van der Waals surface area contributed by atoms with E-state index in [1.54, 1.807) is 12.3 Å². The van der Waals surface area contributed by atoms with E-state index in [1.807, 2.05) is 0 Å². The lowest BCUT2D eigenvalue weighted by Gasteiger charge is -2.15. The second kappa shape index (κ2) is 7.66. The topological polar surface area (TPSA) is 61.2 Å². The van der Waals surface area contributed by atoms with Gasteiger partial charge in [0, 0.05) is 17.7 Å². The fourth-order valence-electron chi connectivity index (χ4n) is 2.49. The number of hydrogen-bond donors (Lipinski definition) is 1. The molecule has 2 heterocycles. The van der Waals surface area contributed by atoms with Crippen LogP contribution in [0.2, 0.25) is 0 Å². The van der Waals surface area contributed by atoms with Crippen LogP contribution in [0.4, 0.5) is 8.78 Å². The molecule has 0 amide bonds. The summed E-state index contributed by atoms with van der Waals surface area (Å²) in [6.07, 6.45) is 3.74. The van der Waals surface area contributed by atoms with Gasteiger partial charge in [0.05, 0.1) is 38.8 Å². The Labute approximate surface area is 148 Å². The number of ether oxygens (including phenoxy) is 2. The number of halogens is 2. The maximum absolute atomic E-state index is 14.5. The molecule has 0 atom stereocenters. The maximum Gasteiger partial charge on any atom is 0.256 e. The molecule has 0 aliphatic carbocycles. The van der Waals surface area contributed by atoms with Crippen LogP contribution < -0.4 is 5.32 Å². The molecule has 0 saturated heterocycles. The molecule has 0 bridgehead atoms. The van der Waals surface area contributed by atoms with Crippen molar-refractivity contribution >= 4 is 23.0 Å². The van der Waals surface area contributed by atoms with Crippen molar-refractivity contribution in [3.8, 4) is 5.69 Å². The van der Waals surface area contributed by atoms with Crippen molar-refractivity contribution in [2.45, 2.75) is 13.0 Å². The lowest BCUT2D eigenvalue weighted by atomic mass is 10.00. The van der Waals surface area contributed by atoms with Gasteiger partial charge in [-0.1, -0.05) is 11.3 Å². The molecule has 0 radical (unpaired) electrons. The summed E-state index contributed by atoms with van der Waals surface area (Å²) in [5, 5.41) is 10.9. The number of thiocarbonyl (C=S) groups is 1. The quantitative estimate of drug-likeness (QED) is 0.839. The number of hydrogen-bond acceptors (Lipinski definition) is 5. The first kappa shape index (κ1) is 17.4. The lowest BCUT2D eigenvalue weighted by molar-refractivity contribution is 0.161. The van der Waals surface area contributed by atoms with Gasteiger partial charge in [-0.05, 0) is 24.2 Å². The molecule has 1 aliphatic rings. The summed E-state index contributed by atoms with van der Waals surface area (Å²) < 4.78 is 40.2. The van der Waals surface area contributed by atoms with Gasteiger partial charge >= 0.3 is 0 Å². The fourth-order valence-corrected chi connectivity index (χ4v) is 2.57. The fraction of sp³-hybridized carbons (Fsp3) is 0.312. The molecule has 1 aromatic carbocycles. The van der Waals surface area contributed by atoms with E-state index in [9.17, 15) is 8.78 Å². The summed E-state index contributed by atoms with van der Waals surface area (Å²) in [4.78, 5) is 0. The zero-order valence-corrected chi connectivity index (χ0v) is 14.3.